The van der Waals surface area contributed by atoms with Crippen LogP contribution in [0, 0.1) is 5.82 Å². The van der Waals surface area contributed by atoms with Crippen molar-refractivity contribution in [3.63, 3.8) is 0 Å². The molecule has 1 aliphatic carbocycles. The van der Waals surface area contributed by atoms with Crippen LogP contribution in [0.1, 0.15) is 59.8 Å². The minimum absolute atomic E-state index is 0.140. The van der Waals surface area contributed by atoms with E-state index in [1.54, 1.807) is 9.80 Å². The van der Waals surface area contributed by atoms with Gasteiger partial charge in [0.1, 0.15) is 17.3 Å². The topological polar surface area (TPSA) is 78.7 Å². The molecule has 2 aliphatic rings. The van der Waals surface area contributed by atoms with Crippen LogP contribution in [0.5, 0.6) is 0 Å². The lowest BCUT2D eigenvalue weighted by molar-refractivity contribution is 0.0762. The Bertz CT molecular complexity index is 877. The summed E-state index contributed by atoms with van der Waals surface area (Å²) in [5.74, 6) is 0.866. The predicted molar refractivity (Wildman–Crippen MR) is 108 cm³/mol. The Morgan fingerprint density at radius 2 is 1.73 bits per heavy atom. The predicted octanol–water partition coefficient (Wildman–Crippen LogP) is 3.53. The summed E-state index contributed by atoms with van der Waals surface area (Å²) in [5.41, 5.74) is 1.19. The smallest absolute Gasteiger partial charge is 0.317 e. The molecule has 1 aromatic heterocycles. The molecule has 0 spiro atoms. The zero-order valence-corrected chi connectivity index (χ0v) is 17.0. The first-order valence-corrected chi connectivity index (χ1v) is 10.6. The number of urea groups is 1. The number of nitrogens with zero attached hydrogens (tertiary/aromatic N) is 3. The summed E-state index contributed by atoms with van der Waals surface area (Å²) in [6.07, 6.45) is 5.43. The van der Waals surface area contributed by atoms with E-state index in [1.807, 2.05) is 6.07 Å². The zero-order valence-electron chi connectivity index (χ0n) is 17.0. The number of benzene rings is 1. The zero-order chi connectivity index (χ0) is 20.9. The van der Waals surface area contributed by atoms with Gasteiger partial charge in [-0.2, -0.15) is 0 Å². The molecular weight excluding hydrogens is 387 g/mol. The summed E-state index contributed by atoms with van der Waals surface area (Å²) in [5, 5.41) is 6.99. The molecule has 2 aromatic rings. The minimum Gasteiger partial charge on any atom is -0.361 e. The number of hydrogen-bond acceptors (Lipinski definition) is 4. The standard InChI is InChI=1S/C22H27FN4O3/c23-18-8-6-17(7-9-18)21(28)26-10-3-11-27(13-12-26)22(29)24-15-19-14-20(30-25-19)16-4-1-2-5-16/h6-9,14,16H,1-5,10-13,15H2,(H,24,29). The van der Waals surface area contributed by atoms with E-state index in [0.717, 1.165) is 24.3 Å². The normalized spacial score (nSPS) is 17.8. The Balaban J connectivity index is 1.27. The lowest BCUT2D eigenvalue weighted by atomic mass is 10.1. The first-order chi connectivity index (χ1) is 14.6. The number of aromatic nitrogens is 1. The highest BCUT2D eigenvalue weighted by atomic mass is 19.1. The van der Waals surface area contributed by atoms with E-state index < -0.39 is 0 Å². The third kappa shape index (κ3) is 4.80. The summed E-state index contributed by atoms with van der Waals surface area (Å²) >= 11 is 0. The second kappa shape index (κ2) is 9.28. The van der Waals surface area contributed by atoms with Crippen LogP contribution in [0.3, 0.4) is 0 Å². The number of hydrogen-bond donors (Lipinski definition) is 1. The summed E-state index contributed by atoms with van der Waals surface area (Å²) in [6.45, 7) is 2.35. The molecule has 1 aromatic carbocycles. The molecule has 0 unspecified atom stereocenters. The van der Waals surface area contributed by atoms with Crippen LogP contribution < -0.4 is 5.32 Å². The van der Waals surface area contributed by atoms with E-state index in [0.29, 0.717) is 50.6 Å². The number of rotatable bonds is 4. The largest absolute Gasteiger partial charge is 0.361 e. The van der Waals surface area contributed by atoms with Crippen molar-refractivity contribution in [2.45, 2.75) is 44.6 Å². The molecule has 2 fully saturated rings. The van der Waals surface area contributed by atoms with Gasteiger partial charge in [0.05, 0.1) is 6.54 Å². The lowest BCUT2D eigenvalue weighted by Crippen LogP contribution is -2.42. The van der Waals surface area contributed by atoms with Crippen molar-refractivity contribution in [1.82, 2.24) is 20.3 Å². The SMILES string of the molecule is O=C(NCc1cc(C2CCCC2)on1)N1CCCN(C(=O)c2ccc(F)cc2)CC1. The second-order valence-electron chi connectivity index (χ2n) is 8.00. The van der Waals surface area contributed by atoms with Crippen molar-refractivity contribution < 1.29 is 18.5 Å². The van der Waals surface area contributed by atoms with Gasteiger partial charge in [0.2, 0.25) is 0 Å². The Morgan fingerprint density at radius 1 is 1.03 bits per heavy atom. The molecule has 2 heterocycles. The lowest BCUT2D eigenvalue weighted by Gasteiger charge is -2.22. The van der Waals surface area contributed by atoms with Gasteiger partial charge in [-0.1, -0.05) is 18.0 Å². The summed E-state index contributed by atoms with van der Waals surface area (Å²) in [7, 11) is 0. The van der Waals surface area contributed by atoms with Crippen molar-refractivity contribution in [2.75, 3.05) is 26.2 Å². The molecule has 7 nitrogen and oxygen atoms in total. The third-order valence-corrected chi connectivity index (χ3v) is 5.92. The van der Waals surface area contributed by atoms with Crippen molar-refractivity contribution in [2.24, 2.45) is 0 Å². The third-order valence-electron chi connectivity index (χ3n) is 5.92. The van der Waals surface area contributed by atoms with E-state index in [2.05, 4.69) is 10.5 Å². The van der Waals surface area contributed by atoms with Crippen LogP contribution >= 0.6 is 0 Å². The van der Waals surface area contributed by atoms with Crippen molar-refractivity contribution in [1.29, 1.82) is 0 Å². The Kier molecular flexibility index (Phi) is 6.30. The average Bonchev–Trinajstić information content (AvgIpc) is 3.39. The Morgan fingerprint density at radius 3 is 2.50 bits per heavy atom. The number of nitrogens with one attached hydrogen (secondary N) is 1. The van der Waals surface area contributed by atoms with Gasteiger partial charge in [-0.25, -0.2) is 9.18 Å². The van der Waals surface area contributed by atoms with E-state index in [1.165, 1.54) is 37.1 Å². The molecule has 1 saturated carbocycles. The molecule has 3 amide bonds. The van der Waals surface area contributed by atoms with Gasteiger partial charge in [-0.05, 0) is 43.5 Å². The van der Waals surface area contributed by atoms with E-state index in [9.17, 15) is 14.0 Å². The summed E-state index contributed by atoms with van der Waals surface area (Å²) < 4.78 is 18.5. The first-order valence-electron chi connectivity index (χ1n) is 10.6. The van der Waals surface area contributed by atoms with Crippen molar-refractivity contribution >= 4 is 11.9 Å². The van der Waals surface area contributed by atoms with Crippen LogP contribution in [-0.4, -0.2) is 53.1 Å². The summed E-state index contributed by atoms with van der Waals surface area (Å²) in [6, 6.07) is 7.33. The van der Waals surface area contributed by atoms with Gasteiger partial charge in [0.25, 0.3) is 5.91 Å². The summed E-state index contributed by atoms with van der Waals surface area (Å²) in [4.78, 5) is 28.6. The molecule has 1 aliphatic heterocycles. The van der Waals surface area contributed by atoms with Gasteiger partial charge >= 0.3 is 6.03 Å². The number of halogens is 1. The van der Waals surface area contributed by atoms with E-state index >= 15 is 0 Å². The molecule has 1 N–H and O–H groups in total. The van der Waals surface area contributed by atoms with E-state index in [4.69, 9.17) is 4.52 Å². The molecular formula is C22H27FN4O3. The minimum atomic E-state index is -0.368. The van der Waals surface area contributed by atoms with Gasteiger partial charge < -0.3 is 19.6 Å². The average molecular weight is 414 g/mol. The van der Waals surface area contributed by atoms with Crippen LogP contribution in [0.15, 0.2) is 34.9 Å². The fraction of sp³-hybridized carbons (Fsp3) is 0.500. The maximum atomic E-state index is 13.1. The van der Waals surface area contributed by atoms with Crippen LogP contribution in [0.2, 0.25) is 0 Å². The molecule has 30 heavy (non-hydrogen) atoms. The molecule has 4 rings (SSSR count). The number of carbonyl (C=O) groups excluding carboxylic acids is 2. The van der Waals surface area contributed by atoms with Gasteiger partial charge in [-0.3, -0.25) is 4.79 Å². The highest BCUT2D eigenvalue weighted by Crippen LogP contribution is 2.34. The quantitative estimate of drug-likeness (QED) is 0.830. The Hall–Kier alpha value is -2.90. The molecule has 160 valence electrons. The maximum Gasteiger partial charge on any atom is 0.317 e. The fourth-order valence-corrected chi connectivity index (χ4v) is 4.19. The van der Waals surface area contributed by atoms with E-state index in [-0.39, 0.29) is 17.8 Å². The fourth-order valence-electron chi connectivity index (χ4n) is 4.19. The Labute approximate surface area is 175 Å². The van der Waals surface area contributed by atoms with Gasteiger partial charge in [-0.15, -0.1) is 0 Å². The molecule has 0 bridgehead atoms. The van der Waals surface area contributed by atoms with Gasteiger partial charge in [0.15, 0.2) is 0 Å². The highest BCUT2D eigenvalue weighted by molar-refractivity contribution is 5.94. The molecule has 8 heteroatoms. The van der Waals surface area contributed by atoms with Crippen LogP contribution in [-0.2, 0) is 6.54 Å². The maximum absolute atomic E-state index is 13.1. The molecule has 1 saturated heterocycles. The van der Waals surface area contributed by atoms with Crippen molar-refractivity contribution in [3.8, 4) is 0 Å². The first kappa shape index (κ1) is 20.4. The highest BCUT2D eigenvalue weighted by Gasteiger charge is 2.24. The molecule has 0 atom stereocenters. The number of carbonyl (C=O) groups is 2. The van der Waals surface area contributed by atoms with Crippen LogP contribution in [0.4, 0.5) is 9.18 Å². The molecule has 0 radical (unpaired) electrons. The van der Waals surface area contributed by atoms with Crippen LogP contribution in [0.25, 0.3) is 0 Å². The van der Waals surface area contributed by atoms with Gasteiger partial charge in [0, 0.05) is 43.7 Å². The van der Waals surface area contributed by atoms with Crippen molar-refractivity contribution in [3.05, 3.63) is 53.2 Å². The monoisotopic (exact) mass is 414 g/mol. The second-order valence-corrected chi connectivity index (χ2v) is 8.00. The number of amides is 3.